The Balaban J connectivity index is 1.55. The average molecular weight is 368 g/mol. The molecule has 4 rings (SSSR count). The maximum Gasteiger partial charge on any atom is 0.348 e. The van der Waals surface area contributed by atoms with E-state index in [1.54, 1.807) is 6.92 Å². The first-order valence-corrected chi connectivity index (χ1v) is 8.89. The molecule has 132 valence electrons. The van der Waals surface area contributed by atoms with Crippen molar-refractivity contribution in [2.24, 2.45) is 0 Å². The second kappa shape index (κ2) is 6.72. The van der Waals surface area contributed by atoms with Crippen LogP contribution >= 0.6 is 11.3 Å². The van der Waals surface area contributed by atoms with Crippen LogP contribution in [0.15, 0.2) is 40.8 Å². The van der Waals surface area contributed by atoms with E-state index in [-0.39, 0.29) is 12.5 Å². The molecule has 0 bridgehead atoms. The third-order valence-electron chi connectivity index (χ3n) is 3.88. The largest absolute Gasteiger partial charge is 0.451 e. The van der Waals surface area contributed by atoms with E-state index in [2.05, 4.69) is 27.4 Å². The predicted molar refractivity (Wildman–Crippen MR) is 96.0 cm³/mol. The summed E-state index contributed by atoms with van der Waals surface area (Å²) in [5.41, 5.74) is 2.04. The molecule has 0 aliphatic heterocycles. The zero-order valence-electron chi connectivity index (χ0n) is 14.3. The van der Waals surface area contributed by atoms with Gasteiger partial charge in [0.15, 0.2) is 6.61 Å². The third kappa shape index (κ3) is 3.23. The van der Waals surface area contributed by atoms with Gasteiger partial charge in [-0.05, 0) is 18.6 Å². The standard InChI is InChI=1S/C18H16N4O3S/c1-11-14-8-15(18(23)24-10-16-20-19-12(2)25-16)26-17(14)22(21-11)9-13-6-4-3-5-7-13/h3-8H,9-10H2,1-2H3. The van der Waals surface area contributed by atoms with Crippen LogP contribution in [0.5, 0.6) is 0 Å². The van der Waals surface area contributed by atoms with E-state index < -0.39 is 5.97 Å². The normalized spacial score (nSPS) is 11.2. The molecule has 0 fully saturated rings. The Bertz CT molecular complexity index is 1060. The summed E-state index contributed by atoms with van der Waals surface area (Å²) in [6.07, 6.45) is 0. The number of ether oxygens (including phenoxy) is 1. The van der Waals surface area contributed by atoms with Crippen LogP contribution in [0.25, 0.3) is 10.2 Å². The smallest absolute Gasteiger partial charge is 0.348 e. The molecule has 26 heavy (non-hydrogen) atoms. The Hall–Kier alpha value is -3.00. The molecule has 8 heteroatoms. The van der Waals surface area contributed by atoms with Gasteiger partial charge in [0.25, 0.3) is 5.89 Å². The maximum atomic E-state index is 12.3. The lowest BCUT2D eigenvalue weighted by molar-refractivity contribution is 0.0442. The van der Waals surface area contributed by atoms with Crippen LogP contribution in [0.2, 0.25) is 0 Å². The molecule has 0 atom stereocenters. The number of fused-ring (bicyclic) bond motifs is 1. The minimum absolute atomic E-state index is 0.0386. The van der Waals surface area contributed by atoms with Crippen molar-refractivity contribution in [3.8, 4) is 0 Å². The fourth-order valence-corrected chi connectivity index (χ4v) is 3.73. The minimum Gasteiger partial charge on any atom is -0.451 e. The number of benzene rings is 1. The van der Waals surface area contributed by atoms with E-state index in [0.717, 1.165) is 21.5 Å². The van der Waals surface area contributed by atoms with Crippen molar-refractivity contribution in [2.45, 2.75) is 27.0 Å². The molecule has 1 aromatic carbocycles. The Morgan fingerprint density at radius 2 is 2.04 bits per heavy atom. The van der Waals surface area contributed by atoms with Crippen LogP contribution < -0.4 is 0 Å². The molecule has 0 radical (unpaired) electrons. The van der Waals surface area contributed by atoms with Crippen LogP contribution in [-0.4, -0.2) is 25.9 Å². The second-order valence-corrected chi connectivity index (χ2v) is 6.88. The number of carbonyl (C=O) groups excluding carboxylic acids is 1. The molecule has 0 spiro atoms. The molecule has 3 aromatic heterocycles. The zero-order valence-corrected chi connectivity index (χ0v) is 15.1. The van der Waals surface area contributed by atoms with Crippen molar-refractivity contribution in [1.82, 2.24) is 20.0 Å². The average Bonchev–Trinajstić information content (AvgIpc) is 3.32. The van der Waals surface area contributed by atoms with Gasteiger partial charge >= 0.3 is 5.97 Å². The highest BCUT2D eigenvalue weighted by molar-refractivity contribution is 7.20. The highest BCUT2D eigenvalue weighted by atomic mass is 32.1. The summed E-state index contributed by atoms with van der Waals surface area (Å²) in [7, 11) is 0. The quantitative estimate of drug-likeness (QED) is 0.501. The van der Waals surface area contributed by atoms with Crippen LogP contribution in [0.1, 0.15) is 32.7 Å². The number of hydrogen-bond acceptors (Lipinski definition) is 7. The summed E-state index contributed by atoms with van der Waals surface area (Å²) in [6, 6.07) is 11.9. The Morgan fingerprint density at radius 3 is 2.77 bits per heavy atom. The molecule has 0 N–H and O–H groups in total. The second-order valence-electron chi connectivity index (χ2n) is 5.85. The molecule has 0 saturated carbocycles. The minimum atomic E-state index is -0.410. The van der Waals surface area contributed by atoms with Crippen molar-refractivity contribution < 1.29 is 13.9 Å². The number of thiophene rings is 1. The molecule has 0 saturated heterocycles. The van der Waals surface area contributed by atoms with Crippen molar-refractivity contribution in [3.05, 3.63) is 64.3 Å². The van der Waals surface area contributed by atoms with Gasteiger partial charge in [0.05, 0.1) is 12.2 Å². The van der Waals surface area contributed by atoms with Crippen LogP contribution in [0, 0.1) is 13.8 Å². The van der Waals surface area contributed by atoms with E-state index in [1.807, 2.05) is 35.9 Å². The number of esters is 1. The fourth-order valence-electron chi connectivity index (χ4n) is 2.67. The molecule has 4 aromatic rings. The number of nitrogens with zero attached hydrogens (tertiary/aromatic N) is 4. The first-order chi connectivity index (χ1) is 12.6. The highest BCUT2D eigenvalue weighted by Gasteiger charge is 2.18. The van der Waals surface area contributed by atoms with Gasteiger partial charge in [-0.3, -0.25) is 4.68 Å². The topological polar surface area (TPSA) is 83.0 Å². The van der Waals surface area contributed by atoms with Crippen molar-refractivity contribution in [2.75, 3.05) is 0 Å². The van der Waals surface area contributed by atoms with Gasteiger partial charge in [-0.25, -0.2) is 4.79 Å². The molecule has 3 heterocycles. The summed E-state index contributed by atoms with van der Waals surface area (Å²) in [4.78, 5) is 13.8. The van der Waals surface area contributed by atoms with Gasteiger partial charge in [-0.1, -0.05) is 30.3 Å². The fraction of sp³-hybridized carbons (Fsp3) is 0.222. The highest BCUT2D eigenvalue weighted by Crippen LogP contribution is 2.29. The van der Waals surface area contributed by atoms with E-state index in [4.69, 9.17) is 9.15 Å². The van der Waals surface area contributed by atoms with E-state index in [1.165, 1.54) is 11.3 Å². The van der Waals surface area contributed by atoms with Gasteiger partial charge in [0, 0.05) is 12.3 Å². The molecular weight excluding hydrogens is 352 g/mol. The zero-order chi connectivity index (χ0) is 18.1. The Labute approximate surface area is 153 Å². The number of rotatable bonds is 5. The molecule has 0 amide bonds. The lowest BCUT2D eigenvalue weighted by atomic mass is 10.2. The summed E-state index contributed by atoms with van der Waals surface area (Å²) >= 11 is 1.37. The Morgan fingerprint density at radius 1 is 1.23 bits per heavy atom. The van der Waals surface area contributed by atoms with Gasteiger partial charge < -0.3 is 9.15 Å². The summed E-state index contributed by atoms with van der Waals surface area (Å²) in [6.45, 7) is 4.24. The first-order valence-electron chi connectivity index (χ1n) is 8.07. The molecule has 0 aliphatic rings. The molecule has 7 nitrogen and oxygen atoms in total. The van der Waals surface area contributed by atoms with E-state index in [9.17, 15) is 4.79 Å². The number of aryl methyl sites for hydroxylation is 2. The lowest BCUT2D eigenvalue weighted by Gasteiger charge is -2.02. The molecule has 0 aliphatic carbocycles. The van der Waals surface area contributed by atoms with Crippen LogP contribution in [-0.2, 0) is 17.9 Å². The van der Waals surface area contributed by atoms with Gasteiger partial charge in [0.2, 0.25) is 5.89 Å². The molecular formula is C18H16N4O3S. The molecule has 0 unspecified atom stereocenters. The van der Waals surface area contributed by atoms with E-state index >= 15 is 0 Å². The summed E-state index contributed by atoms with van der Waals surface area (Å²) < 4.78 is 12.4. The van der Waals surface area contributed by atoms with Crippen LogP contribution in [0.4, 0.5) is 0 Å². The number of aromatic nitrogens is 4. The third-order valence-corrected chi connectivity index (χ3v) is 5.01. The van der Waals surface area contributed by atoms with Gasteiger partial charge in [-0.15, -0.1) is 21.5 Å². The SMILES string of the molecule is Cc1nnc(COC(=O)c2cc3c(C)nn(Cc4ccccc4)c3s2)o1. The first kappa shape index (κ1) is 16.5. The monoisotopic (exact) mass is 368 g/mol. The summed E-state index contributed by atoms with van der Waals surface area (Å²) in [5, 5.41) is 13.1. The van der Waals surface area contributed by atoms with Gasteiger partial charge in [-0.2, -0.15) is 5.10 Å². The van der Waals surface area contributed by atoms with E-state index in [0.29, 0.717) is 17.3 Å². The van der Waals surface area contributed by atoms with Crippen LogP contribution in [0.3, 0.4) is 0 Å². The van der Waals surface area contributed by atoms with Crippen molar-refractivity contribution in [1.29, 1.82) is 0 Å². The Kier molecular flexibility index (Phi) is 4.26. The van der Waals surface area contributed by atoms with Crippen molar-refractivity contribution in [3.63, 3.8) is 0 Å². The lowest BCUT2D eigenvalue weighted by Crippen LogP contribution is -2.04. The van der Waals surface area contributed by atoms with Crippen molar-refractivity contribution >= 4 is 27.5 Å². The van der Waals surface area contributed by atoms with Gasteiger partial charge in [0.1, 0.15) is 9.71 Å². The summed E-state index contributed by atoms with van der Waals surface area (Å²) in [5.74, 6) is 0.311. The predicted octanol–water partition coefficient (Wildman–Crippen LogP) is 3.50. The number of carbonyl (C=O) groups is 1. The number of hydrogen-bond donors (Lipinski definition) is 0. The maximum absolute atomic E-state index is 12.3.